The zero-order chi connectivity index (χ0) is 26.0. The molecule has 5 aromatic rings. The molecule has 0 radical (unpaired) electrons. The number of imidazole rings is 2. The second kappa shape index (κ2) is 10.0. The van der Waals surface area contributed by atoms with Gasteiger partial charge in [0.05, 0.1) is 23.2 Å². The maximum Gasteiger partial charge on any atom is 0.416 e. The molecule has 0 aliphatic rings. The van der Waals surface area contributed by atoms with Crippen LogP contribution in [-0.2, 0) is 17.5 Å². The number of aromatic amines is 1. The highest BCUT2D eigenvalue weighted by Gasteiger charge is 2.30. The Kier molecular flexibility index (Phi) is 6.64. The number of nitrogens with zero attached hydrogens (tertiary/aromatic N) is 3. The van der Waals surface area contributed by atoms with Crippen molar-refractivity contribution in [2.75, 3.05) is 25.6 Å². The lowest BCUT2D eigenvalue weighted by molar-refractivity contribution is -0.137. The van der Waals surface area contributed by atoms with Gasteiger partial charge in [-0.25, -0.2) is 9.97 Å². The van der Waals surface area contributed by atoms with Crippen molar-refractivity contribution in [1.82, 2.24) is 24.7 Å². The number of aromatic nitrogens is 4. The number of H-pyrrole nitrogens is 1. The van der Waals surface area contributed by atoms with Gasteiger partial charge in [-0.1, -0.05) is 18.2 Å². The number of halogens is 3. The minimum atomic E-state index is -4.43. The minimum absolute atomic E-state index is 0.210. The van der Waals surface area contributed by atoms with E-state index < -0.39 is 17.6 Å². The molecule has 37 heavy (non-hydrogen) atoms. The summed E-state index contributed by atoms with van der Waals surface area (Å²) in [7, 11) is 1.65. The second-order valence-corrected chi connectivity index (χ2v) is 8.45. The van der Waals surface area contributed by atoms with Gasteiger partial charge in [-0.2, -0.15) is 13.2 Å². The number of carbonyl (C=O) groups is 1. The number of pyridine rings is 1. The molecule has 0 aliphatic carbocycles. The molecule has 190 valence electrons. The van der Waals surface area contributed by atoms with Crippen molar-refractivity contribution in [2.45, 2.75) is 12.7 Å². The summed E-state index contributed by atoms with van der Waals surface area (Å²) in [5.41, 5.74) is 3.29. The average Bonchev–Trinajstić information content (AvgIpc) is 3.49. The molecule has 3 heterocycles. The monoisotopic (exact) mass is 508 g/mol. The second-order valence-electron chi connectivity index (χ2n) is 8.45. The van der Waals surface area contributed by atoms with Crippen LogP contribution in [-0.4, -0.2) is 45.5 Å². The summed E-state index contributed by atoms with van der Waals surface area (Å²) in [5.74, 6) is -0.234. The summed E-state index contributed by atoms with van der Waals surface area (Å²) >= 11 is 0. The van der Waals surface area contributed by atoms with Crippen LogP contribution in [0.5, 0.6) is 0 Å². The van der Waals surface area contributed by atoms with Crippen LogP contribution in [0.4, 0.5) is 19.1 Å². The lowest BCUT2D eigenvalue weighted by atomic mass is 10.0. The maximum absolute atomic E-state index is 13.1. The molecule has 0 spiro atoms. The van der Waals surface area contributed by atoms with E-state index in [1.165, 1.54) is 6.07 Å². The Morgan fingerprint density at radius 1 is 1.08 bits per heavy atom. The molecule has 1 amide bonds. The molecule has 0 aliphatic heterocycles. The Bertz CT molecular complexity index is 1570. The third-order valence-electron chi connectivity index (χ3n) is 5.81. The molecular weight excluding hydrogens is 485 g/mol. The summed E-state index contributed by atoms with van der Waals surface area (Å²) in [4.78, 5) is 24.6. The van der Waals surface area contributed by atoms with Gasteiger partial charge in [-0.15, -0.1) is 0 Å². The van der Waals surface area contributed by atoms with Crippen LogP contribution in [0.1, 0.15) is 21.6 Å². The SMILES string of the molecule is COCCNCc1ccn2cc(C(=O)Nc3nc4cc(-c5cccc(C(F)(F)F)c5)ccc4[nH]3)nc2c1. The highest BCUT2D eigenvalue weighted by Crippen LogP contribution is 2.33. The van der Waals surface area contributed by atoms with Crippen molar-refractivity contribution in [3.8, 4) is 11.1 Å². The molecule has 0 saturated heterocycles. The van der Waals surface area contributed by atoms with Gasteiger partial charge in [0.25, 0.3) is 5.91 Å². The fraction of sp³-hybridized carbons (Fsp3) is 0.192. The Morgan fingerprint density at radius 2 is 1.92 bits per heavy atom. The van der Waals surface area contributed by atoms with Crippen LogP contribution in [0.15, 0.2) is 67.0 Å². The molecule has 0 bridgehead atoms. The minimum Gasteiger partial charge on any atom is -0.383 e. The summed E-state index contributed by atoms with van der Waals surface area (Å²) < 4.78 is 46.1. The fourth-order valence-electron chi connectivity index (χ4n) is 3.94. The molecule has 11 heteroatoms. The van der Waals surface area contributed by atoms with Gasteiger partial charge in [-0.05, 0) is 53.1 Å². The smallest absolute Gasteiger partial charge is 0.383 e. The summed E-state index contributed by atoms with van der Waals surface area (Å²) in [5, 5.41) is 5.97. The number of carbonyl (C=O) groups excluding carboxylic acids is 1. The van der Waals surface area contributed by atoms with E-state index in [1.54, 1.807) is 42.0 Å². The molecule has 0 saturated carbocycles. The van der Waals surface area contributed by atoms with E-state index in [-0.39, 0.29) is 11.6 Å². The van der Waals surface area contributed by atoms with Gasteiger partial charge < -0.3 is 19.4 Å². The summed E-state index contributed by atoms with van der Waals surface area (Å²) in [6, 6.07) is 14.0. The normalized spacial score (nSPS) is 11.9. The predicted molar refractivity (Wildman–Crippen MR) is 133 cm³/mol. The van der Waals surface area contributed by atoms with Gasteiger partial charge in [0.1, 0.15) is 11.3 Å². The lowest BCUT2D eigenvalue weighted by Crippen LogP contribution is -2.18. The topological polar surface area (TPSA) is 96.3 Å². The number of hydrogen-bond donors (Lipinski definition) is 3. The van der Waals surface area contributed by atoms with Gasteiger partial charge in [0, 0.05) is 32.6 Å². The van der Waals surface area contributed by atoms with Crippen LogP contribution in [0.3, 0.4) is 0 Å². The zero-order valence-electron chi connectivity index (χ0n) is 19.8. The molecule has 3 N–H and O–H groups in total. The number of amides is 1. The molecule has 2 aromatic carbocycles. The first-order valence-electron chi connectivity index (χ1n) is 11.5. The number of fused-ring (bicyclic) bond motifs is 2. The van der Waals surface area contributed by atoms with E-state index in [4.69, 9.17) is 4.74 Å². The van der Waals surface area contributed by atoms with E-state index in [9.17, 15) is 18.0 Å². The number of hydrogen-bond acceptors (Lipinski definition) is 5. The average molecular weight is 509 g/mol. The summed E-state index contributed by atoms with van der Waals surface area (Å²) in [6.45, 7) is 1.99. The van der Waals surface area contributed by atoms with Gasteiger partial charge in [0.15, 0.2) is 0 Å². The largest absolute Gasteiger partial charge is 0.416 e. The number of nitrogens with one attached hydrogen (secondary N) is 3. The third-order valence-corrected chi connectivity index (χ3v) is 5.81. The van der Waals surface area contributed by atoms with Crippen molar-refractivity contribution in [2.24, 2.45) is 0 Å². The summed E-state index contributed by atoms with van der Waals surface area (Å²) in [6.07, 6.45) is -0.964. The van der Waals surface area contributed by atoms with Crippen LogP contribution < -0.4 is 10.6 Å². The van der Waals surface area contributed by atoms with Crippen molar-refractivity contribution in [1.29, 1.82) is 0 Å². The van der Waals surface area contributed by atoms with E-state index in [0.29, 0.717) is 41.0 Å². The molecule has 8 nitrogen and oxygen atoms in total. The van der Waals surface area contributed by atoms with Gasteiger partial charge in [-0.3, -0.25) is 10.1 Å². The van der Waals surface area contributed by atoms with Crippen LogP contribution in [0, 0.1) is 0 Å². The van der Waals surface area contributed by atoms with Crippen molar-refractivity contribution < 1.29 is 22.7 Å². The molecule has 3 aromatic heterocycles. The lowest BCUT2D eigenvalue weighted by Gasteiger charge is -2.08. The zero-order valence-corrected chi connectivity index (χ0v) is 19.8. The maximum atomic E-state index is 13.1. The van der Waals surface area contributed by atoms with Crippen LogP contribution >= 0.6 is 0 Å². The standard InChI is InChI=1S/C26H23F3N6O2/c1-37-10-8-30-14-16-7-9-35-15-22(31-23(35)11-16)24(36)34-25-32-20-6-5-18(13-21(20)33-25)17-3-2-4-19(12-17)26(27,28)29/h2-7,9,11-13,15,30H,8,10,14H2,1H3,(H2,32,33,34,36). The van der Waals surface area contributed by atoms with Crippen LogP contribution in [0.2, 0.25) is 0 Å². The van der Waals surface area contributed by atoms with Gasteiger partial charge >= 0.3 is 6.18 Å². The first-order chi connectivity index (χ1) is 17.8. The molecular formula is C26H23F3N6O2. The number of ether oxygens (including phenoxy) is 1. The van der Waals surface area contributed by atoms with E-state index in [0.717, 1.165) is 24.2 Å². The quantitative estimate of drug-likeness (QED) is 0.260. The van der Waals surface area contributed by atoms with E-state index in [2.05, 4.69) is 25.6 Å². The molecule has 0 atom stereocenters. The third kappa shape index (κ3) is 5.47. The first-order valence-corrected chi connectivity index (χ1v) is 11.5. The highest BCUT2D eigenvalue weighted by atomic mass is 19.4. The molecule has 0 unspecified atom stereocenters. The van der Waals surface area contributed by atoms with Crippen molar-refractivity contribution >= 4 is 28.5 Å². The Hall–Kier alpha value is -4.22. The van der Waals surface area contributed by atoms with E-state index in [1.807, 2.05) is 18.3 Å². The number of rotatable bonds is 8. The fourth-order valence-corrected chi connectivity index (χ4v) is 3.94. The van der Waals surface area contributed by atoms with Crippen LogP contribution in [0.25, 0.3) is 27.8 Å². The van der Waals surface area contributed by atoms with Crippen molar-refractivity contribution in [3.63, 3.8) is 0 Å². The predicted octanol–water partition coefficient (Wildman–Crippen LogP) is 4.88. The van der Waals surface area contributed by atoms with Crippen molar-refractivity contribution in [3.05, 3.63) is 83.8 Å². The molecule has 5 rings (SSSR count). The van der Waals surface area contributed by atoms with Gasteiger partial charge in [0.2, 0.25) is 5.95 Å². The Labute approximate surface area is 209 Å². The molecule has 0 fully saturated rings. The Balaban J connectivity index is 1.32. The Morgan fingerprint density at radius 3 is 2.73 bits per heavy atom. The number of methoxy groups -OCH3 is 1. The number of benzene rings is 2. The first kappa shape index (κ1) is 24.5. The number of alkyl halides is 3. The number of anilines is 1. The van der Waals surface area contributed by atoms with E-state index >= 15 is 0 Å². The highest BCUT2D eigenvalue weighted by molar-refractivity contribution is 6.03.